The van der Waals surface area contributed by atoms with Crippen LogP contribution in [0.3, 0.4) is 0 Å². The number of nitrogens with one attached hydrogen (secondary N) is 1. The van der Waals surface area contributed by atoms with E-state index in [4.69, 9.17) is 22.1 Å². The SMILES string of the molecule is [2H]N(C(=O)OC(C)(C)C)[C@](N)(CCC(=O)O)C(=O)O. The fraction of sp³-hybridized carbons (Fsp3) is 0.700. The summed E-state index contributed by atoms with van der Waals surface area (Å²) >= 11 is 0. The molecule has 0 heterocycles. The Kier molecular flexibility index (Phi) is 4.49. The van der Waals surface area contributed by atoms with Crippen LogP contribution in [0.1, 0.15) is 33.6 Å². The molecule has 1 atom stereocenters. The van der Waals surface area contributed by atoms with E-state index in [9.17, 15) is 14.4 Å². The van der Waals surface area contributed by atoms with Crippen molar-refractivity contribution in [3.8, 4) is 0 Å². The molecule has 5 N–H and O–H groups in total. The minimum Gasteiger partial charge on any atom is -0.481 e. The summed E-state index contributed by atoms with van der Waals surface area (Å²) in [6.45, 7) is 4.61. The highest BCUT2D eigenvalue weighted by atomic mass is 16.6. The van der Waals surface area contributed by atoms with Crippen molar-refractivity contribution in [3.05, 3.63) is 0 Å². The Balaban J connectivity index is 5.02. The van der Waals surface area contributed by atoms with E-state index in [1.54, 1.807) is 0 Å². The number of alkyl carbamates (subject to hydrolysis) is 1. The molecule has 0 aliphatic carbocycles. The molecule has 0 saturated carbocycles. The molecule has 0 spiro atoms. The van der Waals surface area contributed by atoms with Gasteiger partial charge in [-0.25, -0.2) is 9.59 Å². The number of carboxylic acid groups (broad SMARTS) is 2. The first-order chi connectivity index (χ1) is 8.40. The van der Waals surface area contributed by atoms with Crippen LogP contribution in [0.25, 0.3) is 0 Å². The summed E-state index contributed by atoms with van der Waals surface area (Å²) in [4.78, 5) is 33.1. The molecule has 0 bridgehead atoms. The Hall–Kier alpha value is -1.83. The first-order valence-corrected chi connectivity index (χ1v) is 5.16. The highest BCUT2D eigenvalue weighted by Crippen LogP contribution is 2.11. The van der Waals surface area contributed by atoms with Crippen molar-refractivity contribution in [1.29, 1.82) is 0 Å². The maximum Gasteiger partial charge on any atom is 0.409 e. The van der Waals surface area contributed by atoms with Crippen molar-refractivity contribution < 1.29 is 30.7 Å². The van der Waals surface area contributed by atoms with Crippen molar-refractivity contribution in [2.75, 3.05) is 0 Å². The molecule has 0 aromatic rings. The molecule has 0 aromatic carbocycles. The number of hydrogen-bond acceptors (Lipinski definition) is 5. The van der Waals surface area contributed by atoms with Gasteiger partial charge in [-0.1, -0.05) is 0 Å². The Labute approximate surface area is 106 Å². The van der Waals surface area contributed by atoms with Crippen molar-refractivity contribution >= 4 is 18.0 Å². The minimum absolute atomic E-state index is 0.0521. The quantitative estimate of drug-likeness (QED) is 0.516. The molecule has 0 saturated heterocycles. The largest absolute Gasteiger partial charge is 0.481 e. The molecule has 0 aromatic heterocycles. The van der Waals surface area contributed by atoms with Gasteiger partial charge in [0.1, 0.15) is 5.60 Å². The highest BCUT2D eigenvalue weighted by molar-refractivity contribution is 5.84. The Morgan fingerprint density at radius 2 is 1.83 bits per heavy atom. The molecule has 104 valence electrons. The van der Waals surface area contributed by atoms with E-state index >= 15 is 0 Å². The van der Waals surface area contributed by atoms with Gasteiger partial charge in [-0.05, 0) is 20.8 Å². The minimum atomic E-state index is -2.46. The summed E-state index contributed by atoms with van der Waals surface area (Å²) in [5.41, 5.74) is 2.04. The van der Waals surface area contributed by atoms with E-state index in [2.05, 4.69) is 0 Å². The second-order valence-corrected chi connectivity index (χ2v) is 4.72. The number of rotatable bonds is 5. The van der Waals surface area contributed by atoms with Crippen LogP contribution in [-0.2, 0) is 14.3 Å². The van der Waals surface area contributed by atoms with Crippen LogP contribution >= 0.6 is 0 Å². The van der Waals surface area contributed by atoms with Gasteiger partial charge in [-0.15, -0.1) is 0 Å². The second kappa shape index (κ2) is 5.67. The molecule has 18 heavy (non-hydrogen) atoms. The molecule has 0 aliphatic heterocycles. The Bertz CT molecular complexity index is 381. The lowest BCUT2D eigenvalue weighted by Crippen LogP contribution is -2.62. The number of carbonyl (C=O) groups excluding carboxylic acids is 1. The average molecular weight is 263 g/mol. The molecular weight excluding hydrogens is 244 g/mol. The number of aliphatic carboxylic acids is 2. The van der Waals surface area contributed by atoms with Crippen LogP contribution in [0.4, 0.5) is 4.79 Å². The second-order valence-electron chi connectivity index (χ2n) is 4.72. The predicted octanol–water partition coefficient (Wildman–Crippen LogP) is 0.116. The molecule has 0 aliphatic rings. The third-order valence-electron chi connectivity index (χ3n) is 1.77. The van der Waals surface area contributed by atoms with Crippen molar-refractivity contribution in [1.82, 2.24) is 5.31 Å². The van der Waals surface area contributed by atoms with E-state index in [-0.39, 0.29) is 5.31 Å². The number of ether oxygens (including phenoxy) is 1. The number of carboxylic acids is 2. The lowest BCUT2D eigenvalue weighted by molar-refractivity contribution is -0.146. The maximum atomic E-state index is 11.6. The van der Waals surface area contributed by atoms with Gasteiger partial charge in [-0.3, -0.25) is 15.8 Å². The maximum absolute atomic E-state index is 11.6. The van der Waals surface area contributed by atoms with E-state index < -0.39 is 42.1 Å². The first kappa shape index (κ1) is 14.2. The van der Waals surface area contributed by atoms with Crippen LogP contribution in [0.2, 0.25) is 1.41 Å². The molecule has 0 unspecified atom stereocenters. The predicted molar refractivity (Wildman–Crippen MR) is 60.8 cm³/mol. The zero-order valence-corrected chi connectivity index (χ0v) is 10.5. The van der Waals surface area contributed by atoms with Gasteiger partial charge in [0, 0.05) is 12.8 Å². The van der Waals surface area contributed by atoms with Crippen LogP contribution in [0, 0.1) is 0 Å². The number of nitrogens with two attached hydrogens (primary N) is 1. The fourth-order valence-corrected chi connectivity index (χ4v) is 0.956. The zero-order chi connectivity index (χ0) is 15.4. The molecule has 0 fully saturated rings. The molecule has 0 radical (unpaired) electrons. The number of hydrogen-bond donors (Lipinski definition) is 4. The number of amides is 1. The summed E-state index contributed by atoms with van der Waals surface area (Å²) in [7, 11) is 0. The summed E-state index contributed by atoms with van der Waals surface area (Å²) in [6.07, 6.45) is -2.47. The van der Waals surface area contributed by atoms with Gasteiger partial charge in [0.25, 0.3) is 0 Å². The van der Waals surface area contributed by atoms with Gasteiger partial charge in [0.15, 0.2) is 7.07 Å². The molecule has 0 rings (SSSR count). The monoisotopic (exact) mass is 263 g/mol. The smallest absolute Gasteiger partial charge is 0.409 e. The standard InChI is InChI=1S/C10H18N2O6/c1-9(2,3)18-8(17)12-10(11,7(15)16)5-4-6(13)14/h4-5,11H2,1-3H3,(H,12,17)(H,13,14)(H,15,16)/t10-/m1/s1/i/hD. The Morgan fingerprint density at radius 3 is 2.17 bits per heavy atom. The topological polar surface area (TPSA) is 139 Å². The molecule has 1 amide bonds. The lowest BCUT2D eigenvalue weighted by atomic mass is 10.1. The molecule has 8 nitrogen and oxygen atoms in total. The van der Waals surface area contributed by atoms with Gasteiger partial charge in [0.05, 0.1) is 0 Å². The van der Waals surface area contributed by atoms with E-state index in [1.165, 1.54) is 20.8 Å². The van der Waals surface area contributed by atoms with Gasteiger partial charge in [-0.2, -0.15) is 0 Å². The summed E-state index contributed by atoms with van der Waals surface area (Å²) < 4.78 is 12.3. The van der Waals surface area contributed by atoms with Crippen LogP contribution < -0.4 is 11.0 Å². The van der Waals surface area contributed by atoms with Crippen molar-refractivity contribution in [2.24, 2.45) is 5.73 Å². The van der Waals surface area contributed by atoms with Gasteiger partial charge in [0.2, 0.25) is 0 Å². The first-order valence-electron chi connectivity index (χ1n) is 5.61. The van der Waals surface area contributed by atoms with Gasteiger partial charge < -0.3 is 14.9 Å². The fourth-order valence-electron chi connectivity index (χ4n) is 0.956. The van der Waals surface area contributed by atoms with E-state index in [0.29, 0.717) is 0 Å². The van der Waals surface area contributed by atoms with E-state index in [0.717, 1.165) is 0 Å². The summed E-state index contributed by atoms with van der Waals surface area (Å²) in [6, 6.07) is 0. The van der Waals surface area contributed by atoms with Gasteiger partial charge >= 0.3 is 18.0 Å². The molecular formula is C10H18N2O6. The normalized spacial score (nSPS) is 15.2. The Morgan fingerprint density at radius 1 is 1.33 bits per heavy atom. The van der Waals surface area contributed by atoms with Crippen molar-refractivity contribution in [2.45, 2.75) is 44.9 Å². The summed E-state index contributed by atoms with van der Waals surface area (Å²) in [5, 5.41) is 17.4. The van der Waals surface area contributed by atoms with Crippen molar-refractivity contribution in [3.63, 3.8) is 0 Å². The van der Waals surface area contributed by atoms with Crippen LogP contribution in [0.15, 0.2) is 0 Å². The average Bonchev–Trinajstić information content (AvgIpc) is 2.21. The highest BCUT2D eigenvalue weighted by Gasteiger charge is 2.37. The van der Waals surface area contributed by atoms with Crippen LogP contribution in [0.5, 0.6) is 0 Å². The number of carbonyl (C=O) groups is 3. The third kappa shape index (κ3) is 6.04. The third-order valence-corrected chi connectivity index (χ3v) is 1.77. The summed E-state index contributed by atoms with van der Waals surface area (Å²) in [5.74, 6) is -2.97. The molecule has 8 heteroatoms. The lowest BCUT2D eigenvalue weighted by Gasteiger charge is -2.27. The zero-order valence-electron chi connectivity index (χ0n) is 11.5. The van der Waals surface area contributed by atoms with E-state index in [1.807, 2.05) is 0 Å². The van der Waals surface area contributed by atoms with Crippen LogP contribution in [-0.4, -0.2) is 39.5 Å².